The minimum Gasteiger partial charge on any atom is -0.490 e. The highest BCUT2D eigenvalue weighted by Crippen LogP contribution is 2.31. The number of hydrogen-bond acceptors (Lipinski definition) is 3. The number of hydrogen-bond donors (Lipinski definition) is 1. The van der Waals surface area contributed by atoms with Crippen LogP contribution in [-0.4, -0.2) is 12.7 Å². The maximum Gasteiger partial charge on any atom is 0.167 e. The first-order chi connectivity index (χ1) is 8.93. The highest BCUT2D eigenvalue weighted by Gasteiger charge is 2.13. The van der Waals surface area contributed by atoms with Crippen molar-refractivity contribution >= 4 is 5.69 Å². The lowest BCUT2D eigenvalue weighted by atomic mass is 10.1. The standard InChI is InChI=1S/C15H24FNO2/c1-5-6-18-14-9-15(13(17)8-12(14)16)19-11(4)7-10(2)3/h8-11H,5-7,17H2,1-4H3. The summed E-state index contributed by atoms with van der Waals surface area (Å²) in [5, 5.41) is 0. The third kappa shape index (κ3) is 4.97. The van der Waals surface area contributed by atoms with Crippen molar-refractivity contribution in [3.05, 3.63) is 17.9 Å². The van der Waals surface area contributed by atoms with Gasteiger partial charge in [0.15, 0.2) is 11.6 Å². The zero-order chi connectivity index (χ0) is 14.4. The van der Waals surface area contributed by atoms with Crippen LogP contribution < -0.4 is 15.2 Å². The first-order valence-corrected chi connectivity index (χ1v) is 6.82. The molecule has 1 rings (SSSR count). The Labute approximate surface area is 114 Å². The Morgan fingerprint density at radius 2 is 1.89 bits per heavy atom. The average Bonchev–Trinajstić information content (AvgIpc) is 2.30. The lowest BCUT2D eigenvalue weighted by Crippen LogP contribution is -2.15. The maximum absolute atomic E-state index is 13.6. The van der Waals surface area contributed by atoms with Crippen LogP contribution in [0.4, 0.5) is 10.1 Å². The number of nitrogens with two attached hydrogens (primary N) is 1. The second kappa shape index (κ2) is 7.22. The van der Waals surface area contributed by atoms with Gasteiger partial charge < -0.3 is 15.2 Å². The molecule has 0 fully saturated rings. The summed E-state index contributed by atoms with van der Waals surface area (Å²) >= 11 is 0. The lowest BCUT2D eigenvalue weighted by molar-refractivity contribution is 0.193. The van der Waals surface area contributed by atoms with E-state index >= 15 is 0 Å². The van der Waals surface area contributed by atoms with E-state index in [1.807, 2.05) is 13.8 Å². The van der Waals surface area contributed by atoms with E-state index in [1.165, 1.54) is 12.1 Å². The fraction of sp³-hybridized carbons (Fsp3) is 0.600. The minimum absolute atomic E-state index is 0.0341. The van der Waals surface area contributed by atoms with Crippen molar-refractivity contribution in [3.63, 3.8) is 0 Å². The Hall–Kier alpha value is -1.45. The van der Waals surface area contributed by atoms with Crippen molar-refractivity contribution in [2.24, 2.45) is 5.92 Å². The normalized spacial score (nSPS) is 12.5. The number of rotatable bonds is 7. The largest absolute Gasteiger partial charge is 0.490 e. The lowest BCUT2D eigenvalue weighted by Gasteiger charge is -2.19. The Balaban J connectivity index is 2.81. The zero-order valence-electron chi connectivity index (χ0n) is 12.2. The number of nitrogen functional groups attached to an aromatic ring is 1. The molecule has 0 aromatic heterocycles. The smallest absolute Gasteiger partial charge is 0.167 e. The van der Waals surface area contributed by atoms with E-state index in [-0.39, 0.29) is 11.9 Å². The van der Waals surface area contributed by atoms with Gasteiger partial charge in [0.05, 0.1) is 18.4 Å². The van der Waals surface area contributed by atoms with Crippen LogP contribution in [0, 0.1) is 11.7 Å². The van der Waals surface area contributed by atoms with E-state index in [4.69, 9.17) is 15.2 Å². The highest BCUT2D eigenvalue weighted by atomic mass is 19.1. The molecule has 1 aromatic rings. The minimum atomic E-state index is -0.449. The molecule has 1 atom stereocenters. The molecule has 0 bridgehead atoms. The van der Waals surface area contributed by atoms with Crippen LogP contribution in [0.5, 0.6) is 11.5 Å². The molecule has 1 aromatic carbocycles. The van der Waals surface area contributed by atoms with Gasteiger partial charge >= 0.3 is 0 Å². The molecule has 3 nitrogen and oxygen atoms in total. The summed E-state index contributed by atoms with van der Waals surface area (Å²) in [4.78, 5) is 0. The summed E-state index contributed by atoms with van der Waals surface area (Å²) in [6, 6.07) is 2.79. The molecule has 0 aliphatic rings. The first-order valence-electron chi connectivity index (χ1n) is 6.82. The summed E-state index contributed by atoms with van der Waals surface area (Å²) in [5.41, 5.74) is 6.08. The molecule has 2 N–H and O–H groups in total. The summed E-state index contributed by atoms with van der Waals surface area (Å²) in [5.74, 6) is 0.769. The maximum atomic E-state index is 13.6. The predicted octanol–water partition coefficient (Wildman–Crippen LogP) is 4.01. The fourth-order valence-corrected chi connectivity index (χ4v) is 1.90. The first kappa shape index (κ1) is 15.6. The quantitative estimate of drug-likeness (QED) is 0.761. The van der Waals surface area contributed by atoms with Crippen LogP contribution in [0.15, 0.2) is 12.1 Å². The molecule has 0 spiro atoms. The van der Waals surface area contributed by atoms with E-state index in [2.05, 4.69) is 13.8 Å². The van der Waals surface area contributed by atoms with Gasteiger partial charge in [0.25, 0.3) is 0 Å². The van der Waals surface area contributed by atoms with Crippen molar-refractivity contribution in [1.82, 2.24) is 0 Å². The van der Waals surface area contributed by atoms with Crippen LogP contribution in [-0.2, 0) is 0 Å². The van der Waals surface area contributed by atoms with Gasteiger partial charge in [0.1, 0.15) is 5.75 Å². The van der Waals surface area contributed by atoms with Gasteiger partial charge in [-0.2, -0.15) is 0 Å². The van der Waals surface area contributed by atoms with Crippen LogP contribution >= 0.6 is 0 Å². The topological polar surface area (TPSA) is 44.5 Å². The van der Waals surface area contributed by atoms with Gasteiger partial charge in [-0.05, 0) is 25.7 Å². The Morgan fingerprint density at radius 3 is 2.47 bits per heavy atom. The van der Waals surface area contributed by atoms with Crippen molar-refractivity contribution in [3.8, 4) is 11.5 Å². The fourth-order valence-electron chi connectivity index (χ4n) is 1.90. The van der Waals surface area contributed by atoms with Crippen LogP contribution in [0.1, 0.15) is 40.5 Å². The molecule has 0 radical (unpaired) electrons. The van der Waals surface area contributed by atoms with Crippen molar-refractivity contribution < 1.29 is 13.9 Å². The highest BCUT2D eigenvalue weighted by molar-refractivity contribution is 5.56. The molecule has 1 unspecified atom stereocenters. The van der Waals surface area contributed by atoms with Gasteiger partial charge in [-0.15, -0.1) is 0 Å². The summed E-state index contributed by atoms with van der Waals surface area (Å²) < 4.78 is 24.7. The molecular formula is C15H24FNO2. The molecule has 0 aliphatic heterocycles. The van der Waals surface area contributed by atoms with Crippen LogP contribution in [0.25, 0.3) is 0 Å². The molecule has 0 amide bonds. The number of benzene rings is 1. The Kier molecular flexibility index (Phi) is 5.93. The third-order valence-electron chi connectivity index (χ3n) is 2.66. The average molecular weight is 269 g/mol. The summed E-state index contributed by atoms with van der Waals surface area (Å²) in [7, 11) is 0. The number of ether oxygens (including phenoxy) is 2. The summed E-state index contributed by atoms with van der Waals surface area (Å²) in [6.45, 7) is 8.68. The van der Waals surface area contributed by atoms with E-state index in [9.17, 15) is 4.39 Å². The SMILES string of the molecule is CCCOc1cc(OC(C)CC(C)C)c(N)cc1F. The monoisotopic (exact) mass is 269 g/mol. The van der Waals surface area contributed by atoms with Gasteiger partial charge in [-0.1, -0.05) is 20.8 Å². The third-order valence-corrected chi connectivity index (χ3v) is 2.66. The second-order valence-electron chi connectivity index (χ2n) is 5.23. The molecule has 0 aliphatic carbocycles. The van der Waals surface area contributed by atoms with Crippen molar-refractivity contribution in [2.75, 3.05) is 12.3 Å². The molecule has 0 saturated carbocycles. The molecular weight excluding hydrogens is 245 g/mol. The van der Waals surface area contributed by atoms with E-state index < -0.39 is 5.82 Å². The molecule has 0 saturated heterocycles. The van der Waals surface area contributed by atoms with Crippen LogP contribution in [0.2, 0.25) is 0 Å². The Bertz CT molecular complexity index is 407. The molecule has 0 heterocycles. The van der Waals surface area contributed by atoms with Gasteiger partial charge in [-0.3, -0.25) is 0 Å². The number of halogens is 1. The van der Waals surface area contributed by atoms with Crippen LogP contribution in [0.3, 0.4) is 0 Å². The Morgan fingerprint density at radius 1 is 1.21 bits per heavy atom. The number of anilines is 1. The van der Waals surface area contributed by atoms with Gasteiger partial charge in [-0.25, -0.2) is 4.39 Å². The van der Waals surface area contributed by atoms with Crippen molar-refractivity contribution in [2.45, 2.75) is 46.6 Å². The van der Waals surface area contributed by atoms with E-state index in [1.54, 1.807) is 0 Å². The van der Waals surface area contributed by atoms with E-state index in [0.717, 1.165) is 12.8 Å². The molecule has 4 heteroatoms. The van der Waals surface area contributed by atoms with Gasteiger partial charge in [0.2, 0.25) is 0 Å². The van der Waals surface area contributed by atoms with Gasteiger partial charge in [0, 0.05) is 12.1 Å². The van der Waals surface area contributed by atoms with Crippen molar-refractivity contribution in [1.29, 1.82) is 0 Å². The summed E-state index contributed by atoms with van der Waals surface area (Å²) in [6.07, 6.45) is 1.78. The zero-order valence-corrected chi connectivity index (χ0v) is 12.2. The van der Waals surface area contributed by atoms with E-state index in [0.29, 0.717) is 24.0 Å². The molecule has 108 valence electrons. The molecule has 19 heavy (non-hydrogen) atoms. The second-order valence-corrected chi connectivity index (χ2v) is 5.23. The predicted molar refractivity (Wildman–Crippen MR) is 76.1 cm³/mol.